The molecule has 0 spiro atoms. The second-order valence-electron chi connectivity index (χ2n) is 38.7. The molecule has 0 aromatic heterocycles. The minimum Gasteiger partial charge on any atom is -0.872 e. The van der Waals surface area contributed by atoms with E-state index in [1.807, 2.05) is 48.5 Å². The van der Waals surface area contributed by atoms with Crippen LogP contribution in [0.5, 0.6) is 34.5 Å². The topological polar surface area (TPSA) is 198 Å². The number of hydrogen-bond donors (Lipinski definition) is 0. The summed E-state index contributed by atoms with van der Waals surface area (Å²) < 4.78 is 54.7. The first kappa shape index (κ1) is 104. The molecule has 0 saturated carbocycles. The number of ether oxygens (including phenoxy) is 10. The average Bonchev–Trinajstić information content (AvgIpc) is 0.809. The van der Waals surface area contributed by atoms with Crippen molar-refractivity contribution in [2.24, 2.45) is 0 Å². The Morgan fingerprint density at radius 1 is 0.288 bits per heavy atom. The molecule has 0 atom stereocenters. The van der Waals surface area contributed by atoms with Gasteiger partial charge in [0.25, 0.3) is 0 Å². The van der Waals surface area contributed by atoms with Gasteiger partial charge in [0.2, 0.25) is 0 Å². The van der Waals surface area contributed by atoms with Crippen molar-refractivity contribution < 1.29 is 130 Å². The van der Waals surface area contributed by atoms with Crippen molar-refractivity contribution in [1.29, 1.82) is 0 Å². The third-order valence-corrected chi connectivity index (χ3v) is 21.2. The van der Waals surface area contributed by atoms with Crippen molar-refractivity contribution >= 4 is 0 Å². The molecule has 6 aromatic carbocycles. The molecule has 5 heterocycles. The van der Waals surface area contributed by atoms with Gasteiger partial charge in [-0.2, -0.15) is 0 Å². The summed E-state index contributed by atoms with van der Waals surface area (Å²) in [7, 11) is 0. The monoisotopic (exact) mass is 1720 g/mol. The maximum Gasteiger partial charge on any atom is 3.00 e. The van der Waals surface area contributed by atoms with Gasteiger partial charge in [0.05, 0.1) is 79.3 Å². The van der Waals surface area contributed by atoms with Crippen molar-refractivity contribution in [3.63, 3.8) is 0 Å². The molecular weight excluding hydrogens is 1570 g/mol. The van der Waals surface area contributed by atoms with Crippen molar-refractivity contribution in [3.8, 4) is 34.5 Å². The zero-order valence-electron chi connectivity index (χ0n) is 77.6. The minimum atomic E-state index is -0.244. The van der Waals surface area contributed by atoms with Gasteiger partial charge in [-0.15, -0.1) is 23.0 Å². The SMILES string of the molecule is C1CCOC1.C1CCOC1.C1COCCOCCOCCOCCOCCO1.Cc1cc(CN(CCN2COc3c(cc(C)cc3C(C)(C)C)C2)Cc2cc(C)cc(C(C)(C)C)c2[O-])c([O-])c(C(C)(C)C)c1.Cc1cc(CN(CCN2COc3c(cc(C)cc3C(C)(C)C)C2)Cc2cc(C)cc(C(C)(C)C)c2[O-])c([O-])c(C(C)(C)C)c1.[Na+].[Y+3]. The molecule has 648 valence electrons. The normalized spacial score (nSPS) is 16.6. The molecule has 6 aromatic rings. The average molecular weight is 1720 g/mol. The summed E-state index contributed by atoms with van der Waals surface area (Å²) in [6.45, 7) is 69.6. The Hall–Kier alpha value is -4.26. The van der Waals surface area contributed by atoms with Crippen molar-refractivity contribution in [3.05, 3.63) is 173 Å². The van der Waals surface area contributed by atoms with E-state index in [-0.39, 0.29) is 118 Å². The van der Waals surface area contributed by atoms with Gasteiger partial charge in [0.1, 0.15) is 25.0 Å². The summed E-state index contributed by atoms with van der Waals surface area (Å²) in [4.78, 5) is 9.20. The molecular formula is C98H148N4NaO14Y. The van der Waals surface area contributed by atoms with Gasteiger partial charge in [-0.1, -0.05) is 231 Å². The maximum absolute atomic E-state index is 13.7. The van der Waals surface area contributed by atoms with Crippen LogP contribution in [-0.2, 0) is 142 Å². The number of rotatable bonds is 14. The summed E-state index contributed by atoms with van der Waals surface area (Å²) in [5.41, 5.74) is 17.3. The Kier molecular flexibility index (Phi) is 43.2. The number of benzene rings is 6. The quantitative estimate of drug-likeness (QED) is 0.0932. The molecule has 0 amide bonds. The van der Waals surface area contributed by atoms with Gasteiger partial charge in [-0.3, -0.25) is 19.6 Å². The third kappa shape index (κ3) is 34.3. The van der Waals surface area contributed by atoms with E-state index in [1.54, 1.807) is 0 Å². The summed E-state index contributed by atoms with van der Waals surface area (Å²) in [5.74, 6) is 2.47. The number of fused-ring (bicyclic) bond motifs is 2. The number of hydrogen-bond acceptors (Lipinski definition) is 18. The second kappa shape index (κ2) is 48.9. The maximum atomic E-state index is 13.7. The summed E-state index contributed by atoms with van der Waals surface area (Å²) in [5, 5.41) is 54.9. The Balaban J connectivity index is 0.000000313. The van der Waals surface area contributed by atoms with E-state index in [0.29, 0.717) is 132 Å². The molecule has 0 N–H and O–H groups in total. The molecule has 118 heavy (non-hydrogen) atoms. The van der Waals surface area contributed by atoms with E-state index in [1.165, 1.54) is 59.1 Å². The van der Waals surface area contributed by atoms with Crippen LogP contribution < -0.4 is 59.5 Å². The molecule has 0 unspecified atom stereocenters. The fourth-order valence-corrected chi connectivity index (χ4v) is 14.9. The summed E-state index contributed by atoms with van der Waals surface area (Å²) in [6, 6.07) is 25.2. The van der Waals surface area contributed by atoms with Crippen LogP contribution in [0.1, 0.15) is 250 Å². The van der Waals surface area contributed by atoms with Gasteiger partial charge < -0.3 is 67.8 Å². The second-order valence-corrected chi connectivity index (χ2v) is 38.7. The van der Waals surface area contributed by atoms with Crippen LogP contribution in [0.15, 0.2) is 72.8 Å². The van der Waals surface area contributed by atoms with Gasteiger partial charge in [-0.25, -0.2) is 0 Å². The van der Waals surface area contributed by atoms with Crippen LogP contribution in [0.3, 0.4) is 0 Å². The van der Waals surface area contributed by atoms with Crippen molar-refractivity contribution in [2.45, 2.75) is 264 Å². The van der Waals surface area contributed by atoms with E-state index in [2.05, 4.69) is 210 Å². The Morgan fingerprint density at radius 3 is 0.678 bits per heavy atom. The zero-order valence-corrected chi connectivity index (χ0v) is 82.5. The van der Waals surface area contributed by atoms with Crippen LogP contribution in [0.25, 0.3) is 0 Å². The fraction of sp³-hybridized carbons (Fsp3) is 0.633. The largest absolute Gasteiger partial charge is 3.00 e. The van der Waals surface area contributed by atoms with E-state index < -0.39 is 0 Å². The molecule has 0 aliphatic carbocycles. The Morgan fingerprint density at radius 2 is 0.483 bits per heavy atom. The van der Waals surface area contributed by atoms with Crippen molar-refractivity contribution in [2.75, 3.05) is 145 Å². The van der Waals surface area contributed by atoms with Crippen LogP contribution in [0.4, 0.5) is 0 Å². The molecule has 5 aliphatic rings. The molecule has 11 rings (SSSR count). The first-order chi connectivity index (χ1) is 54.5. The van der Waals surface area contributed by atoms with E-state index in [4.69, 9.17) is 47.4 Å². The van der Waals surface area contributed by atoms with Gasteiger partial charge in [0, 0.05) is 114 Å². The van der Waals surface area contributed by atoms with E-state index in [0.717, 1.165) is 131 Å². The first-order valence-corrected chi connectivity index (χ1v) is 42.8. The van der Waals surface area contributed by atoms with Gasteiger partial charge in [-0.05, 0) is 144 Å². The van der Waals surface area contributed by atoms with Crippen molar-refractivity contribution in [1.82, 2.24) is 19.6 Å². The first-order valence-electron chi connectivity index (χ1n) is 42.8. The summed E-state index contributed by atoms with van der Waals surface area (Å²) in [6.07, 6.45) is 5.11. The Labute approximate surface area is 759 Å². The van der Waals surface area contributed by atoms with E-state index in [9.17, 15) is 20.4 Å². The van der Waals surface area contributed by atoms with Crippen LogP contribution >= 0.6 is 0 Å². The third-order valence-electron chi connectivity index (χ3n) is 21.2. The molecule has 18 nitrogen and oxygen atoms in total. The predicted octanol–water partition coefficient (Wildman–Crippen LogP) is 13.7. The van der Waals surface area contributed by atoms with E-state index >= 15 is 0 Å². The fourth-order valence-electron chi connectivity index (χ4n) is 14.9. The van der Waals surface area contributed by atoms with Gasteiger partial charge >= 0.3 is 62.3 Å². The van der Waals surface area contributed by atoms with Crippen LogP contribution in [-0.4, -0.2) is 165 Å². The van der Waals surface area contributed by atoms with Gasteiger partial charge in [0.15, 0.2) is 0 Å². The Bertz CT molecular complexity index is 3550. The summed E-state index contributed by atoms with van der Waals surface area (Å²) >= 11 is 0. The van der Waals surface area contributed by atoms with Crippen LogP contribution in [0, 0.1) is 41.5 Å². The zero-order chi connectivity index (χ0) is 85.3. The standard InChI is InChI=1S/2C39H56N2O3.C12H24O6.2C4H8O.Na.Y/c2*1-25-15-28(34(42)31(18-25)37(4,5)6)21-40(22-29-16-26(2)19-32(35(29)43)38(7,8)9)13-14-41-23-30-17-27(3)20-33(39(10,11)12)36(30)44-24-41;1-2-14-5-6-16-9-10-18-12-11-17-8-7-15-4-3-13-1;2*1-2-4-5-3-1;;/h2*15-20,42-43H,13-14,21-24H2,1-12H3;1-12H2;2*1-4H2;;/q;;;;;+1;+3/p-4. The molecule has 0 radical (unpaired) electrons. The number of nitrogens with zero attached hydrogens (tertiary/aromatic N) is 4. The molecule has 5 aliphatic heterocycles. The van der Waals surface area contributed by atoms with Crippen LogP contribution in [0.2, 0.25) is 0 Å². The number of aryl methyl sites for hydroxylation is 6. The molecule has 3 saturated heterocycles. The molecule has 0 bridgehead atoms. The smallest absolute Gasteiger partial charge is 0.872 e. The molecule has 3 fully saturated rings. The molecule has 20 heteroatoms. The minimum absolute atomic E-state index is 0. The predicted molar refractivity (Wildman–Crippen MR) is 462 cm³/mol.